The molecule has 3 rings (SSSR count). The summed E-state index contributed by atoms with van der Waals surface area (Å²) in [5.41, 5.74) is 4.48. The van der Waals surface area contributed by atoms with E-state index in [1.807, 2.05) is 52.0 Å². The Kier molecular flexibility index (Phi) is 3.86. The Labute approximate surface area is 136 Å². The molecular weight excluding hydrogens is 289 g/mol. The fourth-order valence-corrected chi connectivity index (χ4v) is 2.94. The Balaban J connectivity index is 1.85. The highest BCUT2D eigenvalue weighted by Gasteiger charge is 2.40. The molecule has 0 fully saturated rings. The van der Waals surface area contributed by atoms with Crippen molar-refractivity contribution in [3.05, 3.63) is 58.4 Å². The molecule has 23 heavy (non-hydrogen) atoms. The third-order valence-electron chi connectivity index (χ3n) is 4.44. The van der Waals surface area contributed by atoms with Crippen LogP contribution in [0.2, 0.25) is 0 Å². The van der Waals surface area contributed by atoms with Gasteiger partial charge in [-0.05, 0) is 55.9 Å². The van der Waals surface area contributed by atoms with Crippen LogP contribution in [0.5, 0.6) is 0 Å². The molecule has 0 atom stereocenters. The van der Waals surface area contributed by atoms with E-state index in [0.717, 1.165) is 27.8 Å². The Morgan fingerprint density at radius 2 is 2.00 bits per heavy atom. The average molecular weight is 309 g/mol. The molecule has 1 aromatic heterocycles. The van der Waals surface area contributed by atoms with Crippen LogP contribution in [0.3, 0.4) is 0 Å². The lowest BCUT2D eigenvalue weighted by atomic mass is 9.77. The molecule has 1 aliphatic rings. The number of ketones is 1. The topological polar surface area (TPSA) is 59.4 Å². The first-order chi connectivity index (χ1) is 10.8. The van der Waals surface area contributed by atoms with E-state index < -0.39 is 12.7 Å². The molecule has 0 saturated carbocycles. The predicted octanol–water partition coefficient (Wildman–Crippen LogP) is 2.08. The number of carbonyl (C=O) groups is 1. The summed E-state index contributed by atoms with van der Waals surface area (Å²) in [6.07, 6.45) is 0.260. The molecule has 0 amide bonds. The summed E-state index contributed by atoms with van der Waals surface area (Å²) < 4.78 is 5.55. The molecule has 5 heteroatoms. The van der Waals surface area contributed by atoms with E-state index in [2.05, 4.69) is 4.98 Å². The maximum Gasteiger partial charge on any atom is 0.492 e. The molecule has 1 aromatic carbocycles. The molecule has 0 unspecified atom stereocenters. The van der Waals surface area contributed by atoms with E-state index in [9.17, 15) is 9.82 Å². The van der Waals surface area contributed by atoms with Crippen molar-refractivity contribution in [2.45, 2.75) is 39.7 Å². The van der Waals surface area contributed by atoms with Crippen molar-refractivity contribution < 1.29 is 14.5 Å². The predicted molar refractivity (Wildman–Crippen MR) is 89.9 cm³/mol. The van der Waals surface area contributed by atoms with Gasteiger partial charge in [0.15, 0.2) is 5.78 Å². The average Bonchev–Trinajstić information content (AvgIpc) is 2.71. The van der Waals surface area contributed by atoms with Crippen LogP contribution in [0.4, 0.5) is 0 Å². The molecule has 0 aliphatic carbocycles. The van der Waals surface area contributed by atoms with Crippen LogP contribution in [0.25, 0.3) is 0 Å². The minimum atomic E-state index is -0.935. The van der Waals surface area contributed by atoms with Crippen molar-refractivity contribution in [3.63, 3.8) is 0 Å². The van der Waals surface area contributed by atoms with Gasteiger partial charge in [-0.25, -0.2) is 4.98 Å². The van der Waals surface area contributed by atoms with Crippen molar-refractivity contribution >= 4 is 18.4 Å². The van der Waals surface area contributed by atoms with Gasteiger partial charge in [0, 0.05) is 12.1 Å². The number of Topliss-reactive ketones (excluding diaryl/α,β-unsaturated/α-hetero) is 1. The van der Waals surface area contributed by atoms with Gasteiger partial charge in [-0.15, -0.1) is 0 Å². The highest BCUT2D eigenvalue weighted by Crippen LogP contribution is 2.30. The Morgan fingerprint density at radius 1 is 1.26 bits per heavy atom. The van der Waals surface area contributed by atoms with Gasteiger partial charge in [-0.1, -0.05) is 24.3 Å². The first-order valence-corrected chi connectivity index (χ1v) is 7.74. The van der Waals surface area contributed by atoms with Crippen molar-refractivity contribution in [2.75, 3.05) is 0 Å². The third-order valence-corrected chi connectivity index (χ3v) is 4.44. The molecule has 0 bridgehead atoms. The van der Waals surface area contributed by atoms with Crippen LogP contribution in [0.15, 0.2) is 30.3 Å². The number of hydrogen-bond donors (Lipinski definition) is 1. The van der Waals surface area contributed by atoms with Crippen LogP contribution in [0, 0.1) is 13.8 Å². The van der Waals surface area contributed by atoms with Gasteiger partial charge < -0.3 is 9.68 Å². The SMILES string of the molecule is Cc1ccc(C(=O)Cc2ccc3c(c2)B(O)OC3(C)C)nc1C. The van der Waals surface area contributed by atoms with Crippen molar-refractivity contribution in [2.24, 2.45) is 0 Å². The van der Waals surface area contributed by atoms with E-state index in [1.54, 1.807) is 6.07 Å². The summed E-state index contributed by atoms with van der Waals surface area (Å²) in [7, 11) is -0.935. The second kappa shape index (κ2) is 5.58. The first kappa shape index (κ1) is 15.9. The number of rotatable bonds is 3. The largest absolute Gasteiger partial charge is 0.492 e. The van der Waals surface area contributed by atoms with Crippen LogP contribution < -0.4 is 5.46 Å². The number of pyridine rings is 1. The highest BCUT2D eigenvalue weighted by molar-refractivity contribution is 6.62. The summed E-state index contributed by atoms with van der Waals surface area (Å²) in [5, 5.41) is 10.0. The van der Waals surface area contributed by atoms with Gasteiger partial charge in [0.1, 0.15) is 5.69 Å². The first-order valence-electron chi connectivity index (χ1n) is 7.74. The molecule has 118 valence electrons. The van der Waals surface area contributed by atoms with E-state index in [4.69, 9.17) is 4.65 Å². The summed E-state index contributed by atoms with van der Waals surface area (Å²) in [6.45, 7) is 7.72. The number of nitrogens with zero attached hydrogens (tertiary/aromatic N) is 1. The number of aryl methyl sites for hydroxylation is 2. The zero-order chi connectivity index (χ0) is 16.8. The molecule has 1 aliphatic heterocycles. The maximum atomic E-state index is 12.4. The smallest absolute Gasteiger partial charge is 0.423 e. The van der Waals surface area contributed by atoms with Crippen LogP contribution in [-0.4, -0.2) is 22.9 Å². The van der Waals surface area contributed by atoms with E-state index >= 15 is 0 Å². The Morgan fingerprint density at radius 3 is 2.70 bits per heavy atom. The van der Waals surface area contributed by atoms with Crippen LogP contribution in [-0.2, 0) is 16.7 Å². The second-order valence-corrected chi connectivity index (χ2v) is 6.60. The monoisotopic (exact) mass is 309 g/mol. The number of fused-ring (bicyclic) bond motifs is 1. The Bertz CT molecular complexity index is 786. The zero-order valence-electron chi connectivity index (χ0n) is 13.9. The van der Waals surface area contributed by atoms with Crippen molar-refractivity contribution in [1.82, 2.24) is 4.98 Å². The minimum Gasteiger partial charge on any atom is -0.423 e. The van der Waals surface area contributed by atoms with Gasteiger partial charge in [0.05, 0.1) is 5.60 Å². The standard InChI is InChI=1S/C18H20BNO3/c1-11-5-8-16(20-12(11)2)17(21)10-13-6-7-14-15(9-13)19(22)23-18(14,3)4/h5-9,22H,10H2,1-4H3. The normalized spacial score (nSPS) is 15.6. The fraction of sp³-hybridized carbons (Fsp3) is 0.333. The lowest BCUT2D eigenvalue weighted by Crippen LogP contribution is -2.29. The molecule has 4 nitrogen and oxygen atoms in total. The van der Waals surface area contributed by atoms with Gasteiger partial charge in [-0.3, -0.25) is 4.79 Å². The summed E-state index contributed by atoms with van der Waals surface area (Å²) >= 11 is 0. The van der Waals surface area contributed by atoms with E-state index in [-0.39, 0.29) is 12.2 Å². The molecule has 0 saturated heterocycles. The molecule has 0 radical (unpaired) electrons. The second-order valence-electron chi connectivity index (χ2n) is 6.60. The van der Waals surface area contributed by atoms with Crippen LogP contribution in [0.1, 0.15) is 46.7 Å². The van der Waals surface area contributed by atoms with Gasteiger partial charge in [0.2, 0.25) is 0 Å². The van der Waals surface area contributed by atoms with Crippen LogP contribution >= 0.6 is 0 Å². The van der Waals surface area contributed by atoms with Gasteiger partial charge in [0.25, 0.3) is 0 Å². The molecule has 1 N–H and O–H groups in total. The van der Waals surface area contributed by atoms with Gasteiger partial charge in [-0.2, -0.15) is 0 Å². The lowest BCUT2D eigenvalue weighted by Gasteiger charge is -2.19. The summed E-state index contributed by atoms with van der Waals surface area (Å²) in [6, 6.07) is 9.38. The molecule has 2 heterocycles. The third kappa shape index (κ3) is 2.94. The quantitative estimate of drug-likeness (QED) is 0.696. The number of carbonyl (C=O) groups excluding carboxylic acids is 1. The fourth-order valence-electron chi connectivity index (χ4n) is 2.94. The molecule has 0 spiro atoms. The minimum absolute atomic E-state index is 0.0271. The van der Waals surface area contributed by atoms with Crippen molar-refractivity contribution in [3.8, 4) is 0 Å². The summed E-state index contributed by atoms with van der Waals surface area (Å²) in [4.78, 5) is 16.8. The molecular formula is C18H20BNO3. The highest BCUT2D eigenvalue weighted by atomic mass is 16.5. The number of aromatic nitrogens is 1. The van der Waals surface area contributed by atoms with Crippen molar-refractivity contribution in [1.29, 1.82) is 0 Å². The Hall–Kier alpha value is -1.98. The lowest BCUT2D eigenvalue weighted by molar-refractivity contribution is 0.0986. The zero-order valence-corrected chi connectivity index (χ0v) is 13.9. The summed E-state index contributed by atoms with van der Waals surface area (Å²) in [5.74, 6) is -0.0271. The van der Waals surface area contributed by atoms with E-state index in [0.29, 0.717) is 5.69 Å². The molecule has 2 aromatic rings. The number of hydrogen-bond acceptors (Lipinski definition) is 4. The maximum absolute atomic E-state index is 12.4. The van der Waals surface area contributed by atoms with E-state index in [1.165, 1.54) is 0 Å². The van der Waals surface area contributed by atoms with Gasteiger partial charge >= 0.3 is 7.12 Å². The number of benzene rings is 1.